The van der Waals surface area contributed by atoms with Crippen molar-refractivity contribution in [2.24, 2.45) is 11.1 Å². The van der Waals surface area contributed by atoms with Crippen molar-refractivity contribution in [3.05, 3.63) is 21.3 Å². The van der Waals surface area contributed by atoms with Gasteiger partial charge in [0, 0.05) is 11.4 Å². The molecule has 1 rings (SSSR count). The number of thiophene rings is 1. The lowest BCUT2D eigenvalue weighted by atomic mass is 9.81. The zero-order valence-electron chi connectivity index (χ0n) is 10.7. The zero-order chi connectivity index (χ0) is 12.9. The summed E-state index contributed by atoms with van der Waals surface area (Å²) in [7, 11) is 0. The van der Waals surface area contributed by atoms with E-state index in [-0.39, 0.29) is 18.3 Å². The van der Waals surface area contributed by atoms with Crippen LogP contribution in [0.4, 0.5) is 0 Å². The van der Waals surface area contributed by atoms with Crippen molar-refractivity contribution in [3.8, 4) is 0 Å². The first-order chi connectivity index (χ1) is 8.07. The normalized spacial score (nSPS) is 10.9. The second-order valence-electron chi connectivity index (χ2n) is 4.08. The quantitative estimate of drug-likeness (QED) is 0.847. The summed E-state index contributed by atoms with van der Waals surface area (Å²) in [5.41, 5.74) is 5.29. The summed E-state index contributed by atoms with van der Waals surface area (Å²) in [5, 5.41) is 2.94. The molecule has 0 unspecified atom stereocenters. The summed E-state index contributed by atoms with van der Waals surface area (Å²) in [4.78, 5) is 13.2. The van der Waals surface area contributed by atoms with Crippen LogP contribution in [0.15, 0.2) is 12.1 Å². The Morgan fingerprint density at radius 1 is 1.44 bits per heavy atom. The molecule has 0 aliphatic rings. The van der Waals surface area contributed by atoms with Gasteiger partial charge in [0.25, 0.3) is 0 Å². The molecule has 1 amide bonds. The molecule has 3 N–H and O–H groups in total. The van der Waals surface area contributed by atoms with Crippen LogP contribution in [0.2, 0.25) is 4.34 Å². The van der Waals surface area contributed by atoms with Crippen LogP contribution in [-0.4, -0.2) is 12.5 Å². The van der Waals surface area contributed by atoms with E-state index in [1.54, 1.807) is 0 Å². The average molecular weight is 311 g/mol. The Kier molecular flexibility index (Phi) is 7.87. The SMILES string of the molecule is CCC(CC)(CN)C(=O)NCc1ccc(Cl)s1.Cl. The van der Waals surface area contributed by atoms with E-state index in [1.165, 1.54) is 11.3 Å². The Labute approximate surface area is 123 Å². The predicted molar refractivity (Wildman–Crippen MR) is 80.5 cm³/mol. The van der Waals surface area contributed by atoms with Gasteiger partial charge < -0.3 is 11.1 Å². The van der Waals surface area contributed by atoms with E-state index < -0.39 is 5.41 Å². The Morgan fingerprint density at radius 2 is 2.06 bits per heavy atom. The first-order valence-corrected chi connectivity index (χ1v) is 7.00. The molecule has 104 valence electrons. The third kappa shape index (κ3) is 4.12. The Morgan fingerprint density at radius 3 is 2.44 bits per heavy atom. The fourth-order valence-electron chi connectivity index (χ4n) is 1.75. The van der Waals surface area contributed by atoms with Crippen LogP contribution in [0.3, 0.4) is 0 Å². The number of nitrogens with two attached hydrogens (primary N) is 1. The summed E-state index contributed by atoms with van der Waals surface area (Å²) in [6, 6.07) is 3.76. The summed E-state index contributed by atoms with van der Waals surface area (Å²) in [5.74, 6) is 0.0366. The van der Waals surface area contributed by atoms with Gasteiger partial charge in [-0.25, -0.2) is 0 Å². The number of carbonyl (C=O) groups excluding carboxylic acids is 1. The van der Waals surface area contributed by atoms with E-state index >= 15 is 0 Å². The number of halogens is 2. The summed E-state index contributed by atoms with van der Waals surface area (Å²) in [6.45, 7) is 4.91. The molecule has 0 atom stereocenters. The number of nitrogens with one attached hydrogen (secondary N) is 1. The van der Waals surface area contributed by atoms with Crippen LogP contribution < -0.4 is 11.1 Å². The molecule has 0 fully saturated rings. The van der Waals surface area contributed by atoms with Gasteiger partial charge in [-0.05, 0) is 25.0 Å². The van der Waals surface area contributed by atoms with Gasteiger partial charge in [-0.1, -0.05) is 25.4 Å². The smallest absolute Gasteiger partial charge is 0.227 e. The highest BCUT2D eigenvalue weighted by Gasteiger charge is 2.32. The van der Waals surface area contributed by atoms with Gasteiger partial charge in [-0.2, -0.15) is 0 Å². The van der Waals surface area contributed by atoms with E-state index in [2.05, 4.69) is 5.32 Å². The minimum Gasteiger partial charge on any atom is -0.351 e. The lowest BCUT2D eigenvalue weighted by Crippen LogP contribution is -2.44. The topological polar surface area (TPSA) is 55.1 Å². The van der Waals surface area contributed by atoms with E-state index in [1.807, 2.05) is 26.0 Å². The number of carbonyl (C=O) groups is 1. The van der Waals surface area contributed by atoms with Crippen molar-refractivity contribution in [2.45, 2.75) is 33.2 Å². The molecular formula is C12H20Cl2N2OS. The zero-order valence-corrected chi connectivity index (χ0v) is 13.1. The minimum absolute atomic E-state index is 0. The van der Waals surface area contributed by atoms with Gasteiger partial charge in [-0.15, -0.1) is 23.7 Å². The largest absolute Gasteiger partial charge is 0.351 e. The maximum Gasteiger partial charge on any atom is 0.227 e. The monoisotopic (exact) mass is 310 g/mol. The molecule has 0 spiro atoms. The fourth-order valence-corrected chi connectivity index (χ4v) is 2.78. The highest BCUT2D eigenvalue weighted by Crippen LogP contribution is 2.26. The van der Waals surface area contributed by atoms with Crippen LogP contribution >= 0.6 is 35.3 Å². The maximum atomic E-state index is 12.1. The van der Waals surface area contributed by atoms with Crippen LogP contribution in [0.5, 0.6) is 0 Å². The third-order valence-corrected chi connectivity index (χ3v) is 4.51. The van der Waals surface area contributed by atoms with Crippen molar-refractivity contribution in [1.29, 1.82) is 0 Å². The van der Waals surface area contributed by atoms with E-state index in [9.17, 15) is 4.79 Å². The van der Waals surface area contributed by atoms with Gasteiger partial charge in [0.2, 0.25) is 5.91 Å². The molecule has 0 bridgehead atoms. The van der Waals surface area contributed by atoms with Gasteiger partial charge in [0.15, 0.2) is 0 Å². The summed E-state index contributed by atoms with van der Waals surface area (Å²) >= 11 is 7.32. The second kappa shape index (κ2) is 8.00. The second-order valence-corrected chi connectivity index (χ2v) is 5.88. The van der Waals surface area contributed by atoms with Gasteiger partial charge in [0.1, 0.15) is 0 Å². The van der Waals surface area contributed by atoms with E-state index in [0.717, 1.165) is 22.1 Å². The highest BCUT2D eigenvalue weighted by molar-refractivity contribution is 7.16. The van der Waals surface area contributed by atoms with Crippen molar-refractivity contribution in [1.82, 2.24) is 5.32 Å². The Balaban J connectivity index is 0.00000289. The maximum absolute atomic E-state index is 12.1. The molecule has 0 saturated heterocycles. The summed E-state index contributed by atoms with van der Waals surface area (Å²) in [6.07, 6.45) is 1.52. The standard InChI is InChI=1S/C12H19ClN2OS.ClH/c1-3-12(4-2,8-14)11(16)15-7-9-5-6-10(13)17-9;/h5-6H,3-4,7-8,14H2,1-2H3,(H,15,16);1H. The lowest BCUT2D eigenvalue weighted by Gasteiger charge is -2.28. The Hall–Kier alpha value is -0.290. The number of rotatable bonds is 6. The number of hydrogen-bond acceptors (Lipinski definition) is 3. The predicted octanol–water partition coefficient (Wildman–Crippen LogP) is 3.20. The molecule has 0 saturated carbocycles. The molecule has 6 heteroatoms. The summed E-state index contributed by atoms with van der Waals surface area (Å²) < 4.78 is 0.741. The van der Waals surface area contributed by atoms with Crippen molar-refractivity contribution < 1.29 is 4.79 Å². The molecule has 0 radical (unpaired) electrons. The average Bonchev–Trinajstić information content (AvgIpc) is 2.75. The van der Waals surface area contributed by atoms with E-state index in [4.69, 9.17) is 17.3 Å². The van der Waals surface area contributed by atoms with Crippen LogP contribution in [0.1, 0.15) is 31.6 Å². The fraction of sp³-hybridized carbons (Fsp3) is 0.583. The molecular weight excluding hydrogens is 291 g/mol. The molecule has 0 aliphatic heterocycles. The molecule has 1 aromatic heterocycles. The van der Waals surface area contributed by atoms with Crippen LogP contribution in [0, 0.1) is 5.41 Å². The Bertz CT molecular complexity index is 370. The van der Waals surface area contributed by atoms with E-state index in [0.29, 0.717) is 13.1 Å². The van der Waals surface area contributed by atoms with Crippen molar-refractivity contribution >= 4 is 41.3 Å². The first-order valence-electron chi connectivity index (χ1n) is 5.80. The molecule has 3 nitrogen and oxygen atoms in total. The highest BCUT2D eigenvalue weighted by atomic mass is 35.5. The lowest BCUT2D eigenvalue weighted by molar-refractivity contribution is -0.131. The van der Waals surface area contributed by atoms with Gasteiger partial charge in [-0.3, -0.25) is 4.79 Å². The third-order valence-electron chi connectivity index (χ3n) is 3.28. The first kappa shape index (κ1) is 17.7. The molecule has 18 heavy (non-hydrogen) atoms. The van der Waals surface area contributed by atoms with Crippen LogP contribution in [-0.2, 0) is 11.3 Å². The van der Waals surface area contributed by atoms with Crippen LogP contribution in [0.25, 0.3) is 0 Å². The number of amides is 1. The van der Waals surface area contributed by atoms with Gasteiger partial charge >= 0.3 is 0 Å². The minimum atomic E-state index is -0.430. The molecule has 0 aliphatic carbocycles. The van der Waals surface area contributed by atoms with Crippen molar-refractivity contribution in [3.63, 3.8) is 0 Å². The van der Waals surface area contributed by atoms with Crippen molar-refractivity contribution in [2.75, 3.05) is 6.54 Å². The number of hydrogen-bond donors (Lipinski definition) is 2. The molecule has 0 aromatic carbocycles. The van der Waals surface area contributed by atoms with Gasteiger partial charge in [0.05, 0.1) is 16.3 Å². The molecule has 1 heterocycles. The molecule has 1 aromatic rings.